The molecule has 2 aromatic carbocycles. The number of hydrogen-bond acceptors (Lipinski definition) is 4. The van der Waals surface area contributed by atoms with E-state index in [1.165, 1.54) is 0 Å². The first-order chi connectivity index (χ1) is 16.4. The average Bonchev–Trinajstić information content (AvgIpc) is 2.84. The number of aldehydes is 1. The van der Waals surface area contributed by atoms with Crippen molar-refractivity contribution in [3.05, 3.63) is 97.6 Å². The standard InChI is InChI=1S/C23H28N2O4.C3H6.C2H4/c1-17(2)13-21(25-23(28)29-16-19-11-7-4-8-12-19)22(27)24-20(15-26)14-18-9-5-3-6-10-18;1-3-2;1-2/h3-12,15,17,20-21H,13-14,16H2,1-2H3,(H,24,27)(H,25,28);3H,1H2,2H3;1-2H2/t20-,21-;;/m0../s1. The maximum Gasteiger partial charge on any atom is 0.408 e. The van der Waals surface area contributed by atoms with E-state index in [-0.39, 0.29) is 12.5 Å². The number of benzene rings is 2. The number of nitrogens with one attached hydrogen (secondary N) is 2. The first-order valence-electron chi connectivity index (χ1n) is 11.2. The summed E-state index contributed by atoms with van der Waals surface area (Å²) in [4.78, 5) is 36.3. The number of rotatable bonds is 10. The Balaban J connectivity index is 0.00000201. The van der Waals surface area contributed by atoms with Gasteiger partial charge in [0.15, 0.2) is 0 Å². The molecule has 0 aliphatic carbocycles. The van der Waals surface area contributed by atoms with Gasteiger partial charge in [0, 0.05) is 0 Å². The highest BCUT2D eigenvalue weighted by Gasteiger charge is 2.25. The van der Waals surface area contributed by atoms with Crippen LogP contribution in [0.15, 0.2) is 86.5 Å². The molecule has 0 aliphatic rings. The summed E-state index contributed by atoms with van der Waals surface area (Å²) in [6.45, 7) is 15.3. The number of carbonyl (C=O) groups excluding carboxylic acids is 3. The molecule has 2 aromatic rings. The minimum Gasteiger partial charge on any atom is -0.445 e. The van der Waals surface area contributed by atoms with Crippen LogP contribution in [0.25, 0.3) is 0 Å². The summed E-state index contributed by atoms with van der Waals surface area (Å²) in [5.74, 6) is -0.229. The molecule has 2 amide bonds. The van der Waals surface area contributed by atoms with Crippen LogP contribution in [0.5, 0.6) is 0 Å². The SMILES string of the molecule is C=C.C=CC.CC(C)C[C@H](NC(=O)OCc1ccccc1)C(=O)N[C@H](C=O)Cc1ccccc1. The van der Waals surface area contributed by atoms with Crippen molar-refractivity contribution in [3.63, 3.8) is 0 Å². The molecule has 0 aliphatic heterocycles. The number of alkyl carbamates (subject to hydrolysis) is 1. The topological polar surface area (TPSA) is 84.5 Å². The fourth-order valence-corrected chi connectivity index (χ4v) is 2.89. The Labute approximate surface area is 204 Å². The van der Waals surface area contributed by atoms with Gasteiger partial charge in [-0.1, -0.05) is 80.6 Å². The van der Waals surface area contributed by atoms with Gasteiger partial charge in [0.05, 0.1) is 6.04 Å². The van der Waals surface area contributed by atoms with Crippen molar-refractivity contribution in [2.45, 2.75) is 52.3 Å². The lowest BCUT2D eigenvalue weighted by Gasteiger charge is -2.22. The molecule has 34 heavy (non-hydrogen) atoms. The second-order valence-corrected chi connectivity index (χ2v) is 7.74. The lowest BCUT2D eigenvalue weighted by Crippen LogP contribution is -2.51. The Morgan fingerprint density at radius 3 is 1.91 bits per heavy atom. The van der Waals surface area contributed by atoms with Gasteiger partial charge < -0.3 is 20.2 Å². The minimum atomic E-state index is -0.781. The van der Waals surface area contributed by atoms with E-state index >= 15 is 0 Å². The molecule has 6 heteroatoms. The van der Waals surface area contributed by atoms with Gasteiger partial charge in [0.2, 0.25) is 5.91 Å². The quantitative estimate of drug-likeness (QED) is 0.370. The fraction of sp³-hybridized carbons (Fsp3) is 0.321. The number of amides is 2. The van der Waals surface area contributed by atoms with Crippen LogP contribution in [0.3, 0.4) is 0 Å². The highest BCUT2D eigenvalue weighted by atomic mass is 16.5. The summed E-state index contributed by atoms with van der Waals surface area (Å²) in [5.41, 5.74) is 1.80. The Morgan fingerprint density at radius 2 is 1.44 bits per heavy atom. The maximum absolute atomic E-state index is 12.7. The molecule has 2 rings (SSSR count). The summed E-state index contributed by atoms with van der Waals surface area (Å²) in [5, 5.41) is 5.35. The number of allylic oxidation sites excluding steroid dienone is 1. The van der Waals surface area contributed by atoms with Crippen LogP contribution in [0, 0.1) is 5.92 Å². The van der Waals surface area contributed by atoms with E-state index in [1.807, 2.05) is 81.4 Å². The molecule has 0 spiro atoms. The molecule has 2 N–H and O–H groups in total. The highest BCUT2D eigenvalue weighted by molar-refractivity contribution is 5.87. The van der Waals surface area contributed by atoms with E-state index in [0.717, 1.165) is 11.1 Å². The second kappa shape index (κ2) is 18.9. The monoisotopic (exact) mass is 466 g/mol. The van der Waals surface area contributed by atoms with Crippen LogP contribution < -0.4 is 10.6 Å². The largest absolute Gasteiger partial charge is 0.445 e. The zero-order valence-corrected chi connectivity index (χ0v) is 20.5. The minimum absolute atomic E-state index is 0.119. The molecule has 0 fully saturated rings. The summed E-state index contributed by atoms with van der Waals surface area (Å²) < 4.78 is 5.22. The maximum atomic E-state index is 12.7. The lowest BCUT2D eigenvalue weighted by molar-refractivity contribution is -0.126. The van der Waals surface area contributed by atoms with Gasteiger partial charge in [-0.15, -0.1) is 19.7 Å². The smallest absolute Gasteiger partial charge is 0.408 e. The molecule has 0 saturated heterocycles. The van der Waals surface area contributed by atoms with Gasteiger partial charge >= 0.3 is 6.09 Å². The second-order valence-electron chi connectivity index (χ2n) is 7.74. The summed E-state index contributed by atoms with van der Waals surface area (Å²) in [6, 6.07) is 17.3. The van der Waals surface area contributed by atoms with Gasteiger partial charge in [-0.2, -0.15) is 0 Å². The van der Waals surface area contributed by atoms with E-state index in [4.69, 9.17) is 4.74 Å². The summed E-state index contributed by atoms with van der Waals surface area (Å²) >= 11 is 0. The number of ether oxygens (including phenoxy) is 1. The van der Waals surface area contributed by atoms with Crippen LogP contribution >= 0.6 is 0 Å². The van der Waals surface area contributed by atoms with Crippen molar-refractivity contribution < 1.29 is 19.1 Å². The molecule has 2 atom stereocenters. The van der Waals surface area contributed by atoms with Gasteiger partial charge in [0.25, 0.3) is 0 Å². The van der Waals surface area contributed by atoms with Crippen molar-refractivity contribution in [2.24, 2.45) is 5.92 Å². The normalized spacial score (nSPS) is 11.3. The van der Waals surface area contributed by atoms with E-state index in [2.05, 4.69) is 30.4 Å². The highest BCUT2D eigenvalue weighted by Crippen LogP contribution is 2.08. The van der Waals surface area contributed by atoms with Crippen LogP contribution in [-0.4, -0.2) is 30.4 Å². The molecule has 0 bridgehead atoms. The Bertz CT molecular complexity index is 838. The van der Waals surface area contributed by atoms with Crippen molar-refractivity contribution in [2.75, 3.05) is 0 Å². The number of carbonyl (C=O) groups is 3. The predicted octanol–water partition coefficient (Wildman–Crippen LogP) is 5.25. The summed E-state index contributed by atoms with van der Waals surface area (Å²) in [7, 11) is 0. The molecule has 6 nitrogen and oxygen atoms in total. The molecule has 0 heterocycles. The van der Waals surface area contributed by atoms with Crippen molar-refractivity contribution in [3.8, 4) is 0 Å². The molecule has 184 valence electrons. The third-order valence-corrected chi connectivity index (χ3v) is 4.32. The van der Waals surface area contributed by atoms with Crippen LogP contribution in [-0.2, 0) is 27.4 Å². The summed E-state index contributed by atoms with van der Waals surface area (Å²) in [6.07, 6.45) is 2.62. The Hall–Kier alpha value is -3.67. The van der Waals surface area contributed by atoms with Crippen molar-refractivity contribution in [1.29, 1.82) is 0 Å². The third-order valence-electron chi connectivity index (χ3n) is 4.32. The van der Waals surface area contributed by atoms with E-state index in [1.54, 1.807) is 6.08 Å². The first-order valence-corrected chi connectivity index (χ1v) is 11.2. The Kier molecular flexibility index (Phi) is 16.8. The fourth-order valence-electron chi connectivity index (χ4n) is 2.89. The van der Waals surface area contributed by atoms with E-state index in [0.29, 0.717) is 19.1 Å². The lowest BCUT2D eigenvalue weighted by atomic mass is 10.0. The molecule has 0 saturated carbocycles. The Morgan fingerprint density at radius 1 is 0.941 bits per heavy atom. The molecular formula is C28H38N2O4. The predicted molar refractivity (Wildman–Crippen MR) is 138 cm³/mol. The van der Waals surface area contributed by atoms with E-state index < -0.39 is 24.1 Å². The van der Waals surface area contributed by atoms with Gasteiger partial charge in [-0.05, 0) is 36.8 Å². The molecule has 0 aromatic heterocycles. The van der Waals surface area contributed by atoms with Gasteiger partial charge in [-0.3, -0.25) is 4.79 Å². The van der Waals surface area contributed by atoms with Crippen LogP contribution in [0.1, 0.15) is 38.3 Å². The zero-order valence-electron chi connectivity index (χ0n) is 20.5. The molecule has 0 unspecified atom stereocenters. The van der Waals surface area contributed by atoms with Crippen molar-refractivity contribution in [1.82, 2.24) is 10.6 Å². The van der Waals surface area contributed by atoms with Gasteiger partial charge in [-0.25, -0.2) is 4.79 Å². The van der Waals surface area contributed by atoms with Crippen LogP contribution in [0.4, 0.5) is 4.79 Å². The zero-order chi connectivity index (χ0) is 25.8. The molecule has 0 radical (unpaired) electrons. The first kappa shape index (κ1) is 30.3. The number of hydrogen-bond donors (Lipinski definition) is 2. The van der Waals surface area contributed by atoms with Crippen molar-refractivity contribution >= 4 is 18.3 Å². The molecular weight excluding hydrogens is 428 g/mol. The van der Waals surface area contributed by atoms with Gasteiger partial charge in [0.1, 0.15) is 18.9 Å². The average molecular weight is 467 g/mol. The van der Waals surface area contributed by atoms with Crippen LogP contribution in [0.2, 0.25) is 0 Å². The third kappa shape index (κ3) is 13.7. The van der Waals surface area contributed by atoms with E-state index in [9.17, 15) is 14.4 Å².